The van der Waals surface area contributed by atoms with Crippen LogP contribution in [0.15, 0.2) is 17.9 Å². The van der Waals surface area contributed by atoms with Crippen LogP contribution in [0.3, 0.4) is 0 Å². The van der Waals surface area contributed by atoms with Crippen LogP contribution in [0.4, 0.5) is 0 Å². The van der Waals surface area contributed by atoms with Crippen molar-refractivity contribution in [3.63, 3.8) is 0 Å². The monoisotopic (exact) mass is 277 g/mol. The maximum absolute atomic E-state index is 5.54. The second-order valence-corrected chi connectivity index (χ2v) is 5.28. The Balaban J connectivity index is 2.29. The van der Waals surface area contributed by atoms with Gasteiger partial charge in [0.15, 0.2) is 0 Å². The van der Waals surface area contributed by atoms with Crippen LogP contribution in [0.25, 0.3) is 0 Å². The first-order chi connectivity index (χ1) is 9.80. The van der Waals surface area contributed by atoms with E-state index in [1.807, 2.05) is 6.26 Å². The second-order valence-electron chi connectivity index (χ2n) is 5.28. The molecule has 0 aromatic carbocycles. The van der Waals surface area contributed by atoms with Gasteiger partial charge in [-0.05, 0) is 50.8 Å². The molecule has 0 radical (unpaired) electrons. The Morgan fingerprint density at radius 1 is 1.40 bits per heavy atom. The summed E-state index contributed by atoms with van der Waals surface area (Å²) >= 11 is 0. The van der Waals surface area contributed by atoms with Gasteiger partial charge in [0.05, 0.1) is 30.3 Å². The highest BCUT2D eigenvalue weighted by Crippen LogP contribution is 2.28. The molecule has 4 heteroatoms. The van der Waals surface area contributed by atoms with Crippen molar-refractivity contribution in [2.45, 2.75) is 59.0 Å². The molecule has 112 valence electrons. The largest absolute Gasteiger partial charge is 0.501 e. The lowest BCUT2D eigenvalue weighted by molar-refractivity contribution is 0.218. The lowest BCUT2D eigenvalue weighted by Crippen LogP contribution is -2.27. The van der Waals surface area contributed by atoms with Crippen LogP contribution in [-0.2, 0) is 17.7 Å². The molecule has 0 aliphatic carbocycles. The number of aryl methyl sites for hydroxylation is 2. The SMILES string of the molecule is CCCNC(C1=COCCC1)c1cc(CC)nn1CC. The number of hydrogen-bond acceptors (Lipinski definition) is 3. The van der Waals surface area contributed by atoms with E-state index < -0.39 is 0 Å². The van der Waals surface area contributed by atoms with Crippen LogP contribution >= 0.6 is 0 Å². The maximum atomic E-state index is 5.54. The molecular weight excluding hydrogens is 250 g/mol. The first-order valence-electron chi connectivity index (χ1n) is 7.90. The lowest BCUT2D eigenvalue weighted by Gasteiger charge is -2.25. The Labute approximate surface area is 122 Å². The molecule has 1 unspecified atom stereocenters. The molecule has 0 bridgehead atoms. The van der Waals surface area contributed by atoms with E-state index >= 15 is 0 Å². The molecule has 4 nitrogen and oxygen atoms in total. The molecule has 0 amide bonds. The van der Waals surface area contributed by atoms with Gasteiger partial charge >= 0.3 is 0 Å². The van der Waals surface area contributed by atoms with Crippen molar-refractivity contribution < 1.29 is 4.74 Å². The minimum Gasteiger partial charge on any atom is -0.501 e. The summed E-state index contributed by atoms with van der Waals surface area (Å²) in [6.45, 7) is 9.27. The smallest absolute Gasteiger partial charge is 0.0876 e. The van der Waals surface area contributed by atoms with E-state index in [-0.39, 0.29) is 6.04 Å². The fourth-order valence-corrected chi connectivity index (χ4v) is 2.66. The fourth-order valence-electron chi connectivity index (χ4n) is 2.66. The molecule has 1 aliphatic rings. The standard InChI is InChI=1S/C16H27N3O/c1-4-9-17-16(13-8-7-10-20-12-13)15-11-14(5-2)18-19(15)6-3/h11-12,16-17H,4-10H2,1-3H3. The highest BCUT2D eigenvalue weighted by Gasteiger charge is 2.22. The Bertz CT molecular complexity index is 451. The van der Waals surface area contributed by atoms with Gasteiger partial charge in [-0.2, -0.15) is 5.10 Å². The summed E-state index contributed by atoms with van der Waals surface area (Å²) in [6, 6.07) is 2.48. The average molecular weight is 277 g/mol. The second kappa shape index (κ2) is 7.48. The summed E-state index contributed by atoms with van der Waals surface area (Å²) in [5.41, 5.74) is 3.79. The highest BCUT2D eigenvalue weighted by atomic mass is 16.5. The topological polar surface area (TPSA) is 39.1 Å². The third-order valence-corrected chi connectivity index (χ3v) is 3.75. The van der Waals surface area contributed by atoms with Crippen molar-refractivity contribution in [2.24, 2.45) is 0 Å². The zero-order valence-corrected chi connectivity index (χ0v) is 13.0. The number of nitrogens with one attached hydrogen (secondary N) is 1. The molecule has 1 atom stereocenters. The van der Waals surface area contributed by atoms with Gasteiger partial charge in [0.25, 0.3) is 0 Å². The lowest BCUT2D eigenvalue weighted by atomic mass is 9.98. The fraction of sp³-hybridized carbons (Fsp3) is 0.688. The zero-order valence-electron chi connectivity index (χ0n) is 13.0. The van der Waals surface area contributed by atoms with Crippen molar-refractivity contribution in [3.8, 4) is 0 Å². The minimum absolute atomic E-state index is 0.239. The Morgan fingerprint density at radius 3 is 2.85 bits per heavy atom. The molecule has 20 heavy (non-hydrogen) atoms. The summed E-state index contributed by atoms with van der Waals surface area (Å²) in [7, 11) is 0. The van der Waals surface area contributed by atoms with Gasteiger partial charge in [0, 0.05) is 6.54 Å². The molecule has 2 rings (SSSR count). The van der Waals surface area contributed by atoms with Crippen LogP contribution in [0.1, 0.15) is 57.5 Å². The van der Waals surface area contributed by atoms with E-state index in [1.54, 1.807) is 0 Å². The normalized spacial score (nSPS) is 16.6. The van der Waals surface area contributed by atoms with E-state index in [9.17, 15) is 0 Å². The Kier molecular flexibility index (Phi) is 5.65. The molecule has 1 aromatic rings. The minimum atomic E-state index is 0.239. The third-order valence-electron chi connectivity index (χ3n) is 3.75. The predicted octanol–water partition coefficient (Wildman–Crippen LogP) is 3.20. The summed E-state index contributed by atoms with van der Waals surface area (Å²) in [5, 5.41) is 8.34. The van der Waals surface area contributed by atoms with Gasteiger partial charge in [-0.1, -0.05) is 13.8 Å². The Morgan fingerprint density at radius 2 is 2.25 bits per heavy atom. The van der Waals surface area contributed by atoms with Crippen molar-refractivity contribution in [1.82, 2.24) is 15.1 Å². The molecule has 0 spiro atoms. The van der Waals surface area contributed by atoms with Gasteiger partial charge in [-0.25, -0.2) is 0 Å². The molecule has 1 aromatic heterocycles. The van der Waals surface area contributed by atoms with Crippen LogP contribution in [-0.4, -0.2) is 22.9 Å². The van der Waals surface area contributed by atoms with Gasteiger partial charge in [0.1, 0.15) is 0 Å². The quantitative estimate of drug-likeness (QED) is 0.832. The summed E-state index contributed by atoms with van der Waals surface area (Å²) in [5.74, 6) is 0. The molecule has 1 aliphatic heterocycles. The van der Waals surface area contributed by atoms with Gasteiger partial charge in [-0.15, -0.1) is 0 Å². The number of aromatic nitrogens is 2. The molecule has 0 saturated carbocycles. The first kappa shape index (κ1) is 15.1. The Hall–Kier alpha value is -1.29. The third kappa shape index (κ3) is 3.42. The molecule has 0 fully saturated rings. The van der Waals surface area contributed by atoms with E-state index in [1.165, 1.54) is 17.0 Å². The molecular formula is C16H27N3O. The van der Waals surface area contributed by atoms with Crippen molar-refractivity contribution in [3.05, 3.63) is 29.3 Å². The van der Waals surface area contributed by atoms with E-state index in [0.717, 1.165) is 45.4 Å². The van der Waals surface area contributed by atoms with Gasteiger partial charge < -0.3 is 10.1 Å². The van der Waals surface area contributed by atoms with E-state index in [4.69, 9.17) is 4.74 Å². The first-order valence-corrected chi connectivity index (χ1v) is 7.90. The highest BCUT2D eigenvalue weighted by molar-refractivity contribution is 5.25. The molecule has 2 heterocycles. The van der Waals surface area contributed by atoms with Crippen LogP contribution in [0.2, 0.25) is 0 Å². The number of ether oxygens (including phenoxy) is 1. The zero-order chi connectivity index (χ0) is 14.4. The number of rotatable bonds is 7. The van der Waals surface area contributed by atoms with Crippen LogP contribution in [0.5, 0.6) is 0 Å². The van der Waals surface area contributed by atoms with Crippen LogP contribution in [0, 0.1) is 0 Å². The summed E-state index contributed by atoms with van der Waals surface area (Å²) in [6.07, 6.45) is 6.28. The summed E-state index contributed by atoms with van der Waals surface area (Å²) < 4.78 is 7.67. The number of hydrogen-bond donors (Lipinski definition) is 1. The van der Waals surface area contributed by atoms with Crippen molar-refractivity contribution in [2.75, 3.05) is 13.2 Å². The number of nitrogens with zero attached hydrogens (tertiary/aromatic N) is 2. The van der Waals surface area contributed by atoms with Gasteiger partial charge in [-0.3, -0.25) is 4.68 Å². The van der Waals surface area contributed by atoms with E-state index in [0.29, 0.717) is 0 Å². The molecule has 1 N–H and O–H groups in total. The van der Waals surface area contributed by atoms with Crippen LogP contribution < -0.4 is 5.32 Å². The van der Waals surface area contributed by atoms with Crippen molar-refractivity contribution >= 4 is 0 Å². The van der Waals surface area contributed by atoms with Gasteiger partial charge in [0.2, 0.25) is 0 Å². The maximum Gasteiger partial charge on any atom is 0.0876 e. The summed E-state index contributed by atoms with van der Waals surface area (Å²) in [4.78, 5) is 0. The average Bonchev–Trinajstić information content (AvgIpc) is 2.92. The van der Waals surface area contributed by atoms with Crippen molar-refractivity contribution in [1.29, 1.82) is 0 Å². The van der Waals surface area contributed by atoms with E-state index in [2.05, 4.69) is 41.9 Å². The molecule has 0 saturated heterocycles. The predicted molar refractivity (Wildman–Crippen MR) is 81.6 cm³/mol.